The van der Waals surface area contributed by atoms with Crippen molar-refractivity contribution in [2.24, 2.45) is 28.9 Å². The van der Waals surface area contributed by atoms with E-state index in [1.807, 2.05) is 0 Å². The van der Waals surface area contributed by atoms with Crippen LogP contribution in [0.1, 0.15) is 45.4 Å². The van der Waals surface area contributed by atoms with Gasteiger partial charge in [0.1, 0.15) is 0 Å². The van der Waals surface area contributed by atoms with Gasteiger partial charge in [-0.3, -0.25) is 0 Å². The van der Waals surface area contributed by atoms with Gasteiger partial charge in [-0.05, 0) is 68.6 Å². The highest BCUT2D eigenvalue weighted by atomic mass is 35.5. The van der Waals surface area contributed by atoms with Crippen molar-refractivity contribution in [1.82, 2.24) is 5.32 Å². The number of hydrogen-bond donors (Lipinski definition) is 2. The highest BCUT2D eigenvalue weighted by Crippen LogP contribution is 2.61. The number of nitrogens with one attached hydrogen (secondary N) is 1. The van der Waals surface area contributed by atoms with Gasteiger partial charge in [-0.15, -0.1) is 12.4 Å². The van der Waals surface area contributed by atoms with E-state index in [9.17, 15) is 0 Å². The van der Waals surface area contributed by atoms with E-state index in [-0.39, 0.29) is 12.4 Å². The van der Waals surface area contributed by atoms with Gasteiger partial charge in [0.2, 0.25) is 0 Å². The molecule has 0 aromatic rings. The lowest BCUT2D eigenvalue weighted by Crippen LogP contribution is -2.55. The van der Waals surface area contributed by atoms with Crippen LogP contribution in [0.2, 0.25) is 0 Å². The van der Waals surface area contributed by atoms with Crippen LogP contribution in [-0.4, -0.2) is 19.1 Å². The minimum atomic E-state index is 0. The van der Waals surface area contributed by atoms with Crippen LogP contribution in [0, 0.1) is 23.2 Å². The van der Waals surface area contributed by atoms with Gasteiger partial charge in [0, 0.05) is 19.1 Å². The second kappa shape index (κ2) is 5.07. The highest BCUT2D eigenvalue weighted by molar-refractivity contribution is 5.85. The summed E-state index contributed by atoms with van der Waals surface area (Å²) in [6.45, 7) is 4.17. The van der Waals surface area contributed by atoms with Crippen LogP contribution < -0.4 is 11.1 Å². The van der Waals surface area contributed by atoms with Crippen LogP contribution in [0.25, 0.3) is 0 Å². The Balaban J connectivity index is 0.00000108. The van der Waals surface area contributed by atoms with Crippen LogP contribution >= 0.6 is 12.4 Å². The van der Waals surface area contributed by atoms with Gasteiger partial charge < -0.3 is 11.1 Å². The molecular weight excluding hydrogens is 232 g/mol. The highest BCUT2D eigenvalue weighted by Gasteiger charge is 2.52. The number of rotatable bonds is 4. The lowest BCUT2D eigenvalue weighted by molar-refractivity contribution is -0.0701. The first-order valence-electron chi connectivity index (χ1n) is 7.15. The average Bonchev–Trinajstić information content (AvgIpc) is 2.24. The van der Waals surface area contributed by atoms with E-state index >= 15 is 0 Å². The van der Waals surface area contributed by atoms with Crippen LogP contribution in [0.15, 0.2) is 0 Å². The zero-order valence-corrected chi connectivity index (χ0v) is 11.8. The first-order chi connectivity index (χ1) is 7.72. The maximum atomic E-state index is 5.61. The zero-order chi connectivity index (χ0) is 11.2. The molecule has 17 heavy (non-hydrogen) atoms. The van der Waals surface area contributed by atoms with Gasteiger partial charge in [0.15, 0.2) is 0 Å². The summed E-state index contributed by atoms with van der Waals surface area (Å²) in [4.78, 5) is 0. The summed E-state index contributed by atoms with van der Waals surface area (Å²) in [5.74, 6) is 3.19. The third kappa shape index (κ3) is 2.36. The molecule has 0 aromatic heterocycles. The molecule has 4 saturated carbocycles. The fourth-order valence-corrected chi connectivity index (χ4v) is 5.22. The van der Waals surface area contributed by atoms with Crippen molar-refractivity contribution in [3.05, 3.63) is 0 Å². The Morgan fingerprint density at radius 3 is 2.00 bits per heavy atom. The van der Waals surface area contributed by atoms with Gasteiger partial charge in [0.25, 0.3) is 0 Å². The molecule has 0 aromatic carbocycles. The summed E-state index contributed by atoms with van der Waals surface area (Å²) < 4.78 is 0. The number of nitrogens with two attached hydrogens (primary N) is 1. The lowest BCUT2D eigenvalue weighted by atomic mass is 9.48. The predicted octanol–water partition coefficient (Wildman–Crippen LogP) is 2.56. The Kier molecular flexibility index (Phi) is 4.06. The molecule has 0 heterocycles. The summed E-state index contributed by atoms with van der Waals surface area (Å²) >= 11 is 0. The maximum Gasteiger partial charge on any atom is 0.00960 e. The summed E-state index contributed by atoms with van der Waals surface area (Å²) in [5, 5.41) is 3.66. The average molecular weight is 259 g/mol. The van der Waals surface area contributed by atoms with Crippen molar-refractivity contribution >= 4 is 12.4 Å². The standard InChI is InChI=1S/C14H26N2.ClH/c1-10(16-3-2-15)14-7-11-4-12(8-14)6-13(5-11)9-14;/h10-13,16H,2-9,15H2,1H3;1H. The van der Waals surface area contributed by atoms with Crippen LogP contribution in [-0.2, 0) is 0 Å². The Morgan fingerprint density at radius 1 is 1.12 bits per heavy atom. The second-order valence-corrected chi connectivity index (χ2v) is 6.74. The van der Waals surface area contributed by atoms with Crippen molar-refractivity contribution in [1.29, 1.82) is 0 Å². The number of hydrogen-bond acceptors (Lipinski definition) is 2. The van der Waals surface area contributed by atoms with Gasteiger partial charge in [0.05, 0.1) is 0 Å². The predicted molar refractivity (Wildman–Crippen MR) is 74.4 cm³/mol. The third-order valence-electron chi connectivity index (χ3n) is 5.60. The van der Waals surface area contributed by atoms with Crippen molar-refractivity contribution in [2.75, 3.05) is 13.1 Å². The Labute approximate surface area is 112 Å². The van der Waals surface area contributed by atoms with Crippen molar-refractivity contribution in [3.8, 4) is 0 Å². The maximum absolute atomic E-state index is 5.61. The number of halogens is 1. The first kappa shape index (κ1) is 13.6. The van der Waals surface area contributed by atoms with E-state index in [4.69, 9.17) is 5.73 Å². The van der Waals surface area contributed by atoms with Gasteiger partial charge in [-0.25, -0.2) is 0 Å². The molecule has 2 nitrogen and oxygen atoms in total. The summed E-state index contributed by atoms with van der Waals surface area (Å²) in [6.07, 6.45) is 9.13. The van der Waals surface area contributed by atoms with E-state index in [1.165, 1.54) is 19.3 Å². The van der Waals surface area contributed by atoms with Crippen LogP contribution in [0.4, 0.5) is 0 Å². The van der Waals surface area contributed by atoms with E-state index in [0.29, 0.717) is 11.5 Å². The molecule has 4 fully saturated rings. The van der Waals surface area contributed by atoms with Gasteiger partial charge in [-0.1, -0.05) is 0 Å². The smallest absolute Gasteiger partial charge is 0.00960 e. The molecule has 4 bridgehead atoms. The molecule has 4 aliphatic carbocycles. The quantitative estimate of drug-likeness (QED) is 0.814. The molecule has 4 rings (SSSR count). The molecule has 0 radical (unpaired) electrons. The molecule has 0 saturated heterocycles. The minimum absolute atomic E-state index is 0. The van der Waals surface area contributed by atoms with E-state index in [0.717, 1.165) is 30.8 Å². The van der Waals surface area contributed by atoms with Crippen molar-refractivity contribution < 1.29 is 0 Å². The van der Waals surface area contributed by atoms with E-state index in [2.05, 4.69) is 12.2 Å². The van der Waals surface area contributed by atoms with E-state index < -0.39 is 0 Å². The molecule has 3 N–H and O–H groups in total. The molecule has 1 unspecified atom stereocenters. The Hall–Kier alpha value is 0.210. The van der Waals surface area contributed by atoms with Crippen molar-refractivity contribution in [3.63, 3.8) is 0 Å². The lowest BCUT2D eigenvalue weighted by Gasteiger charge is -2.59. The van der Waals surface area contributed by atoms with Crippen LogP contribution in [0.5, 0.6) is 0 Å². The molecule has 0 spiro atoms. The molecular formula is C14H27ClN2. The molecule has 1 atom stereocenters. The molecule has 0 amide bonds. The largest absolute Gasteiger partial charge is 0.329 e. The van der Waals surface area contributed by atoms with Crippen LogP contribution in [0.3, 0.4) is 0 Å². The van der Waals surface area contributed by atoms with Gasteiger partial charge >= 0.3 is 0 Å². The SMILES string of the molecule is CC(NCCN)C12CC3CC(CC(C3)C1)C2.Cl. The topological polar surface area (TPSA) is 38.0 Å². The second-order valence-electron chi connectivity index (χ2n) is 6.74. The Bertz CT molecular complexity index is 232. The van der Waals surface area contributed by atoms with Gasteiger partial charge in [-0.2, -0.15) is 0 Å². The molecule has 0 aliphatic heterocycles. The molecule has 100 valence electrons. The fourth-order valence-electron chi connectivity index (χ4n) is 5.22. The monoisotopic (exact) mass is 258 g/mol. The van der Waals surface area contributed by atoms with E-state index in [1.54, 1.807) is 19.3 Å². The molecule has 4 aliphatic rings. The normalized spacial score (nSPS) is 44.5. The third-order valence-corrected chi connectivity index (χ3v) is 5.60. The Morgan fingerprint density at radius 2 is 1.59 bits per heavy atom. The molecule has 3 heteroatoms. The van der Waals surface area contributed by atoms with Crippen molar-refractivity contribution in [2.45, 2.75) is 51.5 Å². The zero-order valence-electron chi connectivity index (χ0n) is 11.0. The fraction of sp³-hybridized carbons (Fsp3) is 1.00. The summed E-state index contributed by atoms with van der Waals surface area (Å²) in [6, 6.07) is 0.685. The summed E-state index contributed by atoms with van der Waals surface area (Å²) in [7, 11) is 0. The summed E-state index contributed by atoms with van der Waals surface area (Å²) in [5.41, 5.74) is 6.25. The first-order valence-corrected chi connectivity index (χ1v) is 7.15. The minimum Gasteiger partial charge on any atom is -0.329 e.